The third-order valence-electron chi connectivity index (χ3n) is 3.01. The Balaban J connectivity index is 1.55. The molecule has 0 aliphatic carbocycles. The zero-order valence-electron chi connectivity index (χ0n) is 10.5. The minimum atomic E-state index is 0.535. The molecule has 0 bridgehead atoms. The molecular weight excluding hydrogens is 264 g/mol. The summed E-state index contributed by atoms with van der Waals surface area (Å²) in [4.78, 5) is 11.7. The van der Waals surface area contributed by atoms with Crippen molar-refractivity contribution in [3.63, 3.8) is 0 Å². The number of anilines is 1. The molecule has 2 aromatic heterocycles. The van der Waals surface area contributed by atoms with Gasteiger partial charge >= 0.3 is 0 Å². The molecule has 0 saturated carbocycles. The van der Waals surface area contributed by atoms with Crippen LogP contribution in [0.3, 0.4) is 0 Å². The molecule has 0 unspecified atom stereocenters. The molecule has 102 valence electrons. The summed E-state index contributed by atoms with van der Waals surface area (Å²) in [7, 11) is 0. The summed E-state index contributed by atoms with van der Waals surface area (Å²) < 4.78 is 11.0. The van der Waals surface area contributed by atoms with Gasteiger partial charge in [-0.25, -0.2) is 9.97 Å². The smallest absolute Gasteiger partial charge is 0.214 e. The van der Waals surface area contributed by atoms with Crippen molar-refractivity contribution in [1.29, 1.82) is 0 Å². The summed E-state index contributed by atoms with van der Waals surface area (Å²) in [5, 5.41) is 0.535. The standard InChI is InChI=1S/C12H16N4O2S/c13-12-14-9-1-2-10(15-11(9)19-12)18-8-5-16-3-6-17-7-4-16/h1-2H,3-8H2,(H2,13,14). The van der Waals surface area contributed by atoms with Gasteiger partial charge in [0.25, 0.3) is 0 Å². The fourth-order valence-corrected chi connectivity index (χ4v) is 2.70. The van der Waals surface area contributed by atoms with Crippen molar-refractivity contribution in [1.82, 2.24) is 14.9 Å². The Morgan fingerprint density at radius 1 is 1.32 bits per heavy atom. The number of nitrogens with zero attached hydrogens (tertiary/aromatic N) is 3. The van der Waals surface area contributed by atoms with Gasteiger partial charge in [0.15, 0.2) is 5.13 Å². The second-order valence-corrected chi connectivity index (χ2v) is 5.34. The highest BCUT2D eigenvalue weighted by atomic mass is 32.1. The van der Waals surface area contributed by atoms with Gasteiger partial charge in [0.05, 0.1) is 13.2 Å². The Labute approximate surface area is 115 Å². The molecule has 3 rings (SSSR count). The Hall–Kier alpha value is -1.44. The number of aromatic nitrogens is 2. The third kappa shape index (κ3) is 3.12. The van der Waals surface area contributed by atoms with Crippen LogP contribution in [-0.4, -0.2) is 54.3 Å². The van der Waals surface area contributed by atoms with Gasteiger partial charge in [-0.15, -0.1) is 0 Å². The number of thiazole rings is 1. The molecule has 2 N–H and O–H groups in total. The summed E-state index contributed by atoms with van der Waals surface area (Å²) >= 11 is 1.38. The highest BCUT2D eigenvalue weighted by molar-refractivity contribution is 7.21. The van der Waals surface area contributed by atoms with Crippen LogP contribution in [0.25, 0.3) is 10.3 Å². The molecule has 2 aromatic rings. The van der Waals surface area contributed by atoms with E-state index in [1.807, 2.05) is 12.1 Å². The van der Waals surface area contributed by atoms with E-state index in [2.05, 4.69) is 14.9 Å². The van der Waals surface area contributed by atoms with E-state index in [0.29, 0.717) is 17.6 Å². The van der Waals surface area contributed by atoms with Gasteiger partial charge in [-0.1, -0.05) is 11.3 Å². The minimum absolute atomic E-state index is 0.535. The SMILES string of the molecule is Nc1nc2ccc(OCCN3CCOCC3)nc2s1. The summed E-state index contributed by atoms with van der Waals surface area (Å²) in [6.45, 7) is 5.10. The number of hydrogen-bond donors (Lipinski definition) is 1. The summed E-state index contributed by atoms with van der Waals surface area (Å²) in [6.07, 6.45) is 0. The number of pyridine rings is 1. The van der Waals surface area contributed by atoms with Crippen LogP contribution in [0.1, 0.15) is 0 Å². The quantitative estimate of drug-likeness (QED) is 0.900. The number of ether oxygens (including phenoxy) is 2. The maximum Gasteiger partial charge on any atom is 0.214 e. The molecule has 0 radical (unpaired) electrons. The first-order valence-electron chi connectivity index (χ1n) is 6.27. The average molecular weight is 280 g/mol. The molecule has 0 spiro atoms. The van der Waals surface area contributed by atoms with Crippen molar-refractivity contribution < 1.29 is 9.47 Å². The van der Waals surface area contributed by atoms with E-state index in [1.165, 1.54) is 11.3 Å². The van der Waals surface area contributed by atoms with Crippen LogP contribution in [0.5, 0.6) is 5.88 Å². The molecule has 3 heterocycles. The van der Waals surface area contributed by atoms with Crippen LogP contribution >= 0.6 is 11.3 Å². The van der Waals surface area contributed by atoms with E-state index in [4.69, 9.17) is 15.2 Å². The fourth-order valence-electron chi connectivity index (χ4n) is 2.00. The van der Waals surface area contributed by atoms with E-state index in [-0.39, 0.29) is 0 Å². The number of morpholine rings is 1. The van der Waals surface area contributed by atoms with Gasteiger partial charge < -0.3 is 15.2 Å². The second-order valence-electron chi connectivity index (χ2n) is 4.33. The third-order valence-corrected chi connectivity index (χ3v) is 3.80. The van der Waals surface area contributed by atoms with Gasteiger partial charge in [-0.05, 0) is 6.07 Å². The predicted molar refractivity (Wildman–Crippen MR) is 74.6 cm³/mol. The first-order valence-corrected chi connectivity index (χ1v) is 7.09. The molecule has 19 heavy (non-hydrogen) atoms. The first kappa shape index (κ1) is 12.6. The Bertz CT molecular complexity index is 554. The van der Waals surface area contributed by atoms with E-state index >= 15 is 0 Å². The summed E-state index contributed by atoms with van der Waals surface area (Å²) in [5.74, 6) is 0.629. The molecule has 1 aliphatic rings. The number of fused-ring (bicyclic) bond motifs is 1. The monoisotopic (exact) mass is 280 g/mol. The Morgan fingerprint density at radius 2 is 2.16 bits per heavy atom. The van der Waals surface area contributed by atoms with E-state index in [1.54, 1.807) is 0 Å². The van der Waals surface area contributed by atoms with Gasteiger partial charge in [-0.2, -0.15) is 0 Å². The van der Waals surface area contributed by atoms with Crippen molar-refractivity contribution in [2.45, 2.75) is 0 Å². The number of nitrogens with two attached hydrogens (primary N) is 1. The highest BCUT2D eigenvalue weighted by Crippen LogP contribution is 2.23. The molecule has 1 fully saturated rings. The normalized spacial score (nSPS) is 16.8. The van der Waals surface area contributed by atoms with E-state index in [0.717, 1.165) is 43.2 Å². The molecule has 0 aromatic carbocycles. The maximum absolute atomic E-state index is 5.67. The molecular formula is C12H16N4O2S. The molecule has 0 amide bonds. The largest absolute Gasteiger partial charge is 0.476 e. The van der Waals surface area contributed by atoms with Crippen LogP contribution in [0.2, 0.25) is 0 Å². The second kappa shape index (κ2) is 5.68. The van der Waals surface area contributed by atoms with Crippen molar-refractivity contribution in [2.24, 2.45) is 0 Å². The lowest BCUT2D eigenvalue weighted by atomic mass is 10.4. The van der Waals surface area contributed by atoms with E-state index < -0.39 is 0 Å². The Kier molecular flexibility index (Phi) is 3.77. The van der Waals surface area contributed by atoms with Crippen molar-refractivity contribution in [3.05, 3.63) is 12.1 Å². The zero-order chi connectivity index (χ0) is 13.1. The van der Waals surface area contributed by atoms with Crippen LogP contribution in [-0.2, 0) is 4.74 Å². The lowest BCUT2D eigenvalue weighted by Gasteiger charge is -2.26. The fraction of sp³-hybridized carbons (Fsp3) is 0.500. The molecule has 7 heteroatoms. The lowest BCUT2D eigenvalue weighted by molar-refractivity contribution is 0.0320. The summed E-state index contributed by atoms with van der Waals surface area (Å²) in [5.41, 5.74) is 6.47. The van der Waals surface area contributed by atoms with Crippen molar-refractivity contribution in [3.8, 4) is 5.88 Å². The zero-order valence-corrected chi connectivity index (χ0v) is 11.4. The van der Waals surface area contributed by atoms with Gasteiger partial charge in [-0.3, -0.25) is 4.90 Å². The maximum atomic E-state index is 5.67. The highest BCUT2D eigenvalue weighted by Gasteiger charge is 2.10. The molecule has 6 nitrogen and oxygen atoms in total. The van der Waals surface area contributed by atoms with E-state index in [9.17, 15) is 0 Å². The number of hydrogen-bond acceptors (Lipinski definition) is 7. The topological polar surface area (TPSA) is 73.5 Å². The minimum Gasteiger partial charge on any atom is -0.476 e. The van der Waals surface area contributed by atoms with Crippen LogP contribution in [0.15, 0.2) is 12.1 Å². The Morgan fingerprint density at radius 3 is 3.00 bits per heavy atom. The average Bonchev–Trinajstić information content (AvgIpc) is 2.79. The number of nitrogen functional groups attached to an aromatic ring is 1. The lowest BCUT2D eigenvalue weighted by Crippen LogP contribution is -2.38. The van der Waals surface area contributed by atoms with Crippen LogP contribution in [0, 0.1) is 0 Å². The molecule has 1 saturated heterocycles. The van der Waals surface area contributed by atoms with Gasteiger partial charge in [0, 0.05) is 25.7 Å². The number of rotatable bonds is 4. The van der Waals surface area contributed by atoms with Crippen molar-refractivity contribution in [2.75, 3.05) is 45.2 Å². The van der Waals surface area contributed by atoms with Gasteiger partial charge in [0.2, 0.25) is 5.88 Å². The first-order chi connectivity index (χ1) is 9.31. The molecule has 0 atom stereocenters. The van der Waals surface area contributed by atoms with Crippen LogP contribution < -0.4 is 10.5 Å². The van der Waals surface area contributed by atoms with Crippen molar-refractivity contribution >= 4 is 26.8 Å². The summed E-state index contributed by atoms with van der Waals surface area (Å²) in [6, 6.07) is 3.72. The predicted octanol–water partition coefficient (Wildman–Crippen LogP) is 0.984. The molecule has 1 aliphatic heterocycles. The van der Waals surface area contributed by atoms with Crippen LogP contribution in [0.4, 0.5) is 5.13 Å². The van der Waals surface area contributed by atoms with Gasteiger partial charge in [0.1, 0.15) is 17.0 Å².